The Kier molecular flexibility index (Phi) is 5.18. The zero-order valence-corrected chi connectivity index (χ0v) is 12.1. The van der Waals surface area contributed by atoms with E-state index in [9.17, 15) is 9.18 Å². The Labute approximate surface area is 122 Å². The number of carbonyl (C=O) groups excluding carboxylic acids is 1. The number of halogens is 1. The molecule has 2 aromatic carbocycles. The highest BCUT2D eigenvalue weighted by atomic mass is 32.2. The van der Waals surface area contributed by atoms with Gasteiger partial charge in [-0.1, -0.05) is 30.3 Å². The minimum atomic E-state index is -0.262. The van der Waals surface area contributed by atoms with Gasteiger partial charge in [-0.2, -0.15) is 0 Å². The van der Waals surface area contributed by atoms with Crippen LogP contribution in [0.5, 0.6) is 0 Å². The van der Waals surface area contributed by atoms with E-state index in [2.05, 4.69) is 0 Å². The molecule has 104 valence electrons. The van der Waals surface area contributed by atoms with Gasteiger partial charge in [0, 0.05) is 18.5 Å². The van der Waals surface area contributed by atoms with Gasteiger partial charge in [-0.3, -0.25) is 4.79 Å². The van der Waals surface area contributed by atoms with Crippen molar-refractivity contribution >= 4 is 17.7 Å². The van der Waals surface area contributed by atoms with E-state index in [0.717, 1.165) is 10.5 Å². The average molecular weight is 289 g/mol. The second-order valence-corrected chi connectivity index (χ2v) is 5.53. The van der Waals surface area contributed by atoms with Gasteiger partial charge in [0.05, 0.1) is 5.75 Å². The summed E-state index contributed by atoms with van der Waals surface area (Å²) in [4.78, 5) is 14.8. The number of carbonyl (C=O) groups is 1. The van der Waals surface area contributed by atoms with Crippen molar-refractivity contribution < 1.29 is 9.18 Å². The number of hydrogen-bond acceptors (Lipinski definition) is 2. The van der Waals surface area contributed by atoms with Crippen molar-refractivity contribution in [1.82, 2.24) is 4.90 Å². The molecule has 0 unspecified atom stereocenters. The van der Waals surface area contributed by atoms with Crippen LogP contribution in [0, 0.1) is 5.82 Å². The van der Waals surface area contributed by atoms with Crippen molar-refractivity contribution in [2.45, 2.75) is 11.4 Å². The maximum absolute atomic E-state index is 12.8. The summed E-state index contributed by atoms with van der Waals surface area (Å²) < 4.78 is 12.8. The van der Waals surface area contributed by atoms with Crippen molar-refractivity contribution in [2.75, 3.05) is 12.8 Å². The van der Waals surface area contributed by atoms with E-state index in [4.69, 9.17) is 0 Å². The van der Waals surface area contributed by atoms with Crippen molar-refractivity contribution in [1.29, 1.82) is 0 Å². The molecule has 20 heavy (non-hydrogen) atoms. The number of thioether (sulfide) groups is 1. The van der Waals surface area contributed by atoms with E-state index in [1.165, 1.54) is 23.9 Å². The van der Waals surface area contributed by atoms with Gasteiger partial charge in [-0.05, 0) is 29.8 Å². The first kappa shape index (κ1) is 14.6. The van der Waals surface area contributed by atoms with Crippen LogP contribution >= 0.6 is 11.8 Å². The minimum Gasteiger partial charge on any atom is -0.341 e. The minimum absolute atomic E-state index is 0.0585. The lowest BCUT2D eigenvalue weighted by Gasteiger charge is -2.17. The van der Waals surface area contributed by atoms with E-state index >= 15 is 0 Å². The molecular weight excluding hydrogens is 273 g/mol. The molecule has 0 atom stereocenters. The molecule has 0 N–H and O–H groups in total. The Morgan fingerprint density at radius 3 is 2.40 bits per heavy atom. The van der Waals surface area contributed by atoms with Gasteiger partial charge in [0.15, 0.2) is 0 Å². The summed E-state index contributed by atoms with van der Waals surface area (Å²) in [6.45, 7) is 0.495. The van der Waals surface area contributed by atoms with Gasteiger partial charge >= 0.3 is 0 Å². The van der Waals surface area contributed by atoms with E-state index in [-0.39, 0.29) is 11.7 Å². The molecule has 0 aliphatic heterocycles. The normalized spacial score (nSPS) is 10.3. The lowest BCUT2D eigenvalue weighted by atomic mass is 10.2. The first-order valence-corrected chi connectivity index (χ1v) is 7.30. The van der Waals surface area contributed by atoms with Crippen molar-refractivity contribution in [3.63, 3.8) is 0 Å². The quantitative estimate of drug-likeness (QED) is 0.784. The highest BCUT2D eigenvalue weighted by Crippen LogP contribution is 2.17. The summed E-state index contributed by atoms with van der Waals surface area (Å²) in [6.07, 6.45) is 0. The number of benzene rings is 2. The van der Waals surface area contributed by atoms with Crippen LogP contribution in [0.4, 0.5) is 4.39 Å². The summed E-state index contributed by atoms with van der Waals surface area (Å²) >= 11 is 1.52. The number of amides is 1. The van der Waals surface area contributed by atoms with Crippen LogP contribution in [0.25, 0.3) is 0 Å². The third-order valence-corrected chi connectivity index (χ3v) is 3.86. The molecule has 0 radical (unpaired) electrons. The van der Waals surface area contributed by atoms with Gasteiger partial charge in [-0.25, -0.2) is 4.39 Å². The molecule has 2 nitrogen and oxygen atoms in total. The summed E-state index contributed by atoms with van der Waals surface area (Å²) in [5, 5.41) is 0. The number of rotatable bonds is 5. The first-order valence-electron chi connectivity index (χ1n) is 6.31. The fourth-order valence-corrected chi connectivity index (χ4v) is 2.58. The fourth-order valence-electron chi connectivity index (χ4n) is 1.72. The van der Waals surface area contributed by atoms with Crippen molar-refractivity contribution in [2.24, 2.45) is 0 Å². The Morgan fingerprint density at radius 2 is 1.75 bits per heavy atom. The average Bonchev–Trinajstić information content (AvgIpc) is 2.48. The molecule has 0 fully saturated rings. The smallest absolute Gasteiger partial charge is 0.232 e. The highest BCUT2D eigenvalue weighted by molar-refractivity contribution is 8.00. The molecule has 0 bridgehead atoms. The summed E-state index contributed by atoms with van der Waals surface area (Å²) in [5.41, 5.74) is 0.923. The topological polar surface area (TPSA) is 20.3 Å². The number of nitrogens with zero attached hydrogens (tertiary/aromatic N) is 1. The predicted molar refractivity (Wildman–Crippen MR) is 80.0 cm³/mol. The molecule has 0 heterocycles. The monoisotopic (exact) mass is 289 g/mol. The maximum atomic E-state index is 12.8. The molecule has 0 spiro atoms. The SMILES string of the molecule is CN(Cc1ccc(F)cc1)C(=O)CSc1ccccc1. The number of hydrogen-bond donors (Lipinski definition) is 0. The summed E-state index contributed by atoms with van der Waals surface area (Å²) in [6, 6.07) is 16.0. The van der Waals surface area contributed by atoms with Gasteiger partial charge < -0.3 is 4.90 Å². The second-order valence-electron chi connectivity index (χ2n) is 4.48. The maximum Gasteiger partial charge on any atom is 0.232 e. The Morgan fingerprint density at radius 1 is 1.10 bits per heavy atom. The first-order chi connectivity index (χ1) is 9.65. The summed E-state index contributed by atoms with van der Waals surface area (Å²) in [5.74, 6) is 0.201. The molecule has 0 aromatic heterocycles. The van der Waals surface area contributed by atoms with Crippen LogP contribution in [0.15, 0.2) is 59.5 Å². The molecule has 4 heteroatoms. The van der Waals surface area contributed by atoms with Gasteiger partial charge in [0.25, 0.3) is 0 Å². The van der Waals surface area contributed by atoms with Crippen LogP contribution in [0.2, 0.25) is 0 Å². The van der Waals surface area contributed by atoms with E-state index in [0.29, 0.717) is 12.3 Å². The van der Waals surface area contributed by atoms with E-state index in [1.807, 2.05) is 30.3 Å². The Balaban J connectivity index is 1.84. The Bertz CT molecular complexity index is 556. The predicted octanol–water partition coefficient (Wildman–Crippen LogP) is 3.58. The molecule has 1 amide bonds. The van der Waals surface area contributed by atoms with E-state index < -0.39 is 0 Å². The highest BCUT2D eigenvalue weighted by Gasteiger charge is 2.09. The van der Waals surface area contributed by atoms with Crippen molar-refractivity contribution in [3.05, 3.63) is 66.0 Å². The standard InChI is InChI=1S/C16H16FNOS/c1-18(11-13-7-9-14(17)10-8-13)16(19)12-20-15-5-3-2-4-6-15/h2-10H,11-12H2,1H3. The largest absolute Gasteiger partial charge is 0.341 e. The summed E-state index contributed by atoms with van der Waals surface area (Å²) in [7, 11) is 1.76. The molecule has 2 aromatic rings. The van der Waals surface area contributed by atoms with Crippen molar-refractivity contribution in [3.8, 4) is 0 Å². The zero-order valence-electron chi connectivity index (χ0n) is 11.3. The van der Waals surface area contributed by atoms with Crippen LogP contribution in [0.3, 0.4) is 0 Å². The molecule has 0 saturated heterocycles. The van der Waals surface area contributed by atoms with E-state index in [1.54, 1.807) is 24.1 Å². The lowest BCUT2D eigenvalue weighted by Crippen LogP contribution is -2.27. The third-order valence-electron chi connectivity index (χ3n) is 2.86. The third kappa shape index (κ3) is 4.38. The fraction of sp³-hybridized carbons (Fsp3) is 0.188. The van der Waals surface area contributed by atoms with Crippen LogP contribution < -0.4 is 0 Å². The van der Waals surface area contributed by atoms with Gasteiger partial charge in [0.1, 0.15) is 5.82 Å². The lowest BCUT2D eigenvalue weighted by molar-refractivity contribution is -0.127. The van der Waals surface area contributed by atoms with Gasteiger partial charge in [0.2, 0.25) is 5.91 Å². The Hall–Kier alpha value is -1.81. The van der Waals surface area contributed by atoms with Gasteiger partial charge in [-0.15, -0.1) is 11.8 Å². The molecule has 0 aliphatic rings. The molecule has 0 aliphatic carbocycles. The zero-order chi connectivity index (χ0) is 14.4. The van der Waals surface area contributed by atoms with Crippen LogP contribution in [-0.2, 0) is 11.3 Å². The van der Waals surface area contributed by atoms with Crippen LogP contribution in [-0.4, -0.2) is 23.6 Å². The second kappa shape index (κ2) is 7.10. The molecular formula is C16H16FNOS. The van der Waals surface area contributed by atoms with Crippen LogP contribution in [0.1, 0.15) is 5.56 Å². The molecule has 0 saturated carbocycles. The molecule has 2 rings (SSSR count).